The van der Waals surface area contributed by atoms with E-state index in [1.807, 2.05) is 0 Å². The van der Waals surface area contributed by atoms with Crippen molar-refractivity contribution in [3.8, 4) is 0 Å². The maximum Gasteiger partial charge on any atom is 0.329 e. The number of nitrogens with zero attached hydrogens (tertiary/aromatic N) is 1. The molecule has 0 saturated heterocycles. The summed E-state index contributed by atoms with van der Waals surface area (Å²) >= 11 is 0. The second-order valence-electron chi connectivity index (χ2n) is 5.02. The van der Waals surface area contributed by atoms with Crippen LogP contribution in [-0.4, -0.2) is 27.7 Å². The van der Waals surface area contributed by atoms with Crippen LogP contribution in [0.2, 0.25) is 0 Å². The van der Waals surface area contributed by atoms with Crippen LogP contribution in [0.1, 0.15) is 44.2 Å². The van der Waals surface area contributed by atoms with Crippen molar-refractivity contribution in [3.63, 3.8) is 0 Å². The Labute approximate surface area is 111 Å². The molecule has 0 radical (unpaired) electrons. The summed E-state index contributed by atoms with van der Waals surface area (Å²) in [6, 6.07) is 1.60. The number of hydrogen-bond donors (Lipinski definition) is 2. The van der Waals surface area contributed by atoms with E-state index in [4.69, 9.17) is 0 Å². The first-order valence-corrected chi connectivity index (χ1v) is 6.56. The summed E-state index contributed by atoms with van der Waals surface area (Å²) in [5.41, 5.74) is -0.608. The second kappa shape index (κ2) is 5.86. The molecule has 0 unspecified atom stereocenters. The summed E-state index contributed by atoms with van der Waals surface area (Å²) in [4.78, 5) is 23.5. The quantitative estimate of drug-likeness (QED) is 0.806. The van der Waals surface area contributed by atoms with E-state index in [2.05, 4.69) is 15.0 Å². The number of aromatic nitrogens is 1. The molecule has 0 atom stereocenters. The zero-order valence-electron chi connectivity index (χ0n) is 10.7. The summed E-state index contributed by atoms with van der Waals surface area (Å²) in [5, 5.41) is 15.8. The molecule has 104 valence electrons. The molecule has 1 aliphatic carbocycles. The molecule has 2 rings (SSSR count). The molecule has 0 spiro atoms. The van der Waals surface area contributed by atoms with Gasteiger partial charge in [-0.05, 0) is 12.8 Å². The Morgan fingerprint density at radius 3 is 2.53 bits per heavy atom. The summed E-state index contributed by atoms with van der Waals surface area (Å²) in [6.45, 7) is 0. The van der Waals surface area contributed by atoms with Crippen LogP contribution in [-0.2, 0) is 16.0 Å². The lowest BCUT2D eigenvalue weighted by molar-refractivity contribution is -0.148. The maximum atomic E-state index is 11.9. The smallest absolute Gasteiger partial charge is 0.329 e. The number of amides is 1. The van der Waals surface area contributed by atoms with Crippen molar-refractivity contribution in [2.75, 3.05) is 0 Å². The van der Waals surface area contributed by atoms with Crippen LogP contribution in [0, 0.1) is 0 Å². The molecule has 19 heavy (non-hydrogen) atoms. The minimum atomic E-state index is -1.11. The topological polar surface area (TPSA) is 92.4 Å². The maximum absolute atomic E-state index is 11.9. The van der Waals surface area contributed by atoms with Crippen molar-refractivity contribution in [3.05, 3.63) is 18.0 Å². The summed E-state index contributed by atoms with van der Waals surface area (Å²) in [7, 11) is 0. The fourth-order valence-electron chi connectivity index (χ4n) is 2.53. The van der Waals surface area contributed by atoms with Crippen molar-refractivity contribution in [2.24, 2.45) is 0 Å². The minimum absolute atomic E-state index is 0.0472. The van der Waals surface area contributed by atoms with E-state index >= 15 is 0 Å². The summed E-state index contributed by atoms with van der Waals surface area (Å²) < 4.78 is 4.65. The molecular formula is C13H18N2O4. The van der Waals surface area contributed by atoms with Crippen molar-refractivity contribution in [2.45, 2.75) is 50.5 Å². The van der Waals surface area contributed by atoms with E-state index in [1.165, 1.54) is 6.26 Å². The second-order valence-corrected chi connectivity index (χ2v) is 5.02. The Bertz CT molecular complexity index is 434. The standard InChI is InChI=1S/C13H18N2O4/c16-11(9-10-5-8-19-15-10)14-13(12(17)18)6-3-1-2-4-7-13/h5,8H,1-4,6-7,9H2,(H,14,16)(H,17,18). The van der Waals surface area contributed by atoms with E-state index < -0.39 is 11.5 Å². The van der Waals surface area contributed by atoms with Crippen molar-refractivity contribution < 1.29 is 19.2 Å². The fourth-order valence-corrected chi connectivity index (χ4v) is 2.53. The van der Waals surface area contributed by atoms with E-state index in [0.717, 1.165) is 25.7 Å². The zero-order valence-corrected chi connectivity index (χ0v) is 10.7. The number of rotatable bonds is 4. The van der Waals surface area contributed by atoms with Crippen molar-refractivity contribution >= 4 is 11.9 Å². The third-order valence-electron chi connectivity index (χ3n) is 3.58. The van der Waals surface area contributed by atoms with Gasteiger partial charge in [0.05, 0.1) is 12.1 Å². The Balaban J connectivity index is 2.03. The largest absolute Gasteiger partial charge is 0.480 e. The summed E-state index contributed by atoms with van der Waals surface area (Å²) in [6.07, 6.45) is 6.13. The Hall–Kier alpha value is -1.85. The number of nitrogens with one attached hydrogen (secondary N) is 1. The van der Waals surface area contributed by atoms with Gasteiger partial charge < -0.3 is 14.9 Å². The van der Waals surface area contributed by atoms with E-state index in [9.17, 15) is 14.7 Å². The molecule has 6 nitrogen and oxygen atoms in total. The van der Waals surface area contributed by atoms with Gasteiger partial charge >= 0.3 is 5.97 Å². The molecule has 1 aromatic rings. The van der Waals surface area contributed by atoms with Gasteiger partial charge in [-0.2, -0.15) is 0 Å². The van der Waals surface area contributed by atoms with Gasteiger partial charge in [0.15, 0.2) is 0 Å². The molecule has 6 heteroatoms. The van der Waals surface area contributed by atoms with Crippen LogP contribution in [0.3, 0.4) is 0 Å². The third kappa shape index (κ3) is 3.33. The number of carboxylic acid groups (broad SMARTS) is 1. The normalized spacial score (nSPS) is 18.5. The highest BCUT2D eigenvalue weighted by molar-refractivity contribution is 5.87. The SMILES string of the molecule is O=C(Cc1ccon1)NC1(C(=O)O)CCCCCC1. The van der Waals surface area contributed by atoms with Gasteiger partial charge in [-0.15, -0.1) is 0 Å². The molecule has 1 saturated carbocycles. The lowest BCUT2D eigenvalue weighted by Crippen LogP contribution is -2.54. The molecule has 1 fully saturated rings. The first-order valence-electron chi connectivity index (χ1n) is 6.56. The van der Waals surface area contributed by atoms with Crippen molar-refractivity contribution in [1.82, 2.24) is 10.5 Å². The molecule has 1 aromatic heterocycles. The van der Waals surface area contributed by atoms with Gasteiger partial charge in [0, 0.05) is 6.07 Å². The molecule has 0 aromatic carbocycles. The first-order chi connectivity index (χ1) is 9.12. The van der Waals surface area contributed by atoms with Crippen LogP contribution in [0.5, 0.6) is 0 Å². The Kier molecular flexibility index (Phi) is 4.19. The average Bonchev–Trinajstić information content (AvgIpc) is 2.73. The average molecular weight is 266 g/mol. The molecule has 2 N–H and O–H groups in total. The first kappa shape index (κ1) is 13.6. The monoisotopic (exact) mass is 266 g/mol. The molecule has 1 amide bonds. The van der Waals surface area contributed by atoms with E-state index in [-0.39, 0.29) is 12.3 Å². The number of carbonyl (C=O) groups is 2. The van der Waals surface area contributed by atoms with Crippen LogP contribution < -0.4 is 5.32 Å². The van der Waals surface area contributed by atoms with Crippen LogP contribution in [0.15, 0.2) is 16.9 Å². The van der Waals surface area contributed by atoms with Crippen LogP contribution in [0.25, 0.3) is 0 Å². The third-order valence-corrected chi connectivity index (χ3v) is 3.58. The predicted octanol–water partition coefficient (Wildman–Crippen LogP) is 1.51. The Morgan fingerprint density at radius 1 is 1.32 bits per heavy atom. The molecule has 0 bridgehead atoms. The molecule has 1 heterocycles. The van der Waals surface area contributed by atoms with Gasteiger partial charge in [-0.3, -0.25) is 4.79 Å². The molecule has 0 aliphatic heterocycles. The highest BCUT2D eigenvalue weighted by Crippen LogP contribution is 2.27. The minimum Gasteiger partial charge on any atom is -0.480 e. The number of aliphatic carboxylic acids is 1. The van der Waals surface area contributed by atoms with Crippen molar-refractivity contribution in [1.29, 1.82) is 0 Å². The van der Waals surface area contributed by atoms with Gasteiger partial charge in [0.1, 0.15) is 11.8 Å². The number of carboxylic acids is 1. The van der Waals surface area contributed by atoms with E-state index in [1.54, 1.807) is 6.07 Å². The van der Waals surface area contributed by atoms with Gasteiger partial charge in [-0.1, -0.05) is 30.8 Å². The Morgan fingerprint density at radius 2 is 2.00 bits per heavy atom. The van der Waals surface area contributed by atoms with Crippen LogP contribution >= 0.6 is 0 Å². The predicted molar refractivity (Wildman–Crippen MR) is 66.4 cm³/mol. The summed E-state index contributed by atoms with van der Waals surface area (Å²) in [5.74, 6) is -1.26. The fraction of sp³-hybridized carbons (Fsp3) is 0.615. The lowest BCUT2D eigenvalue weighted by atomic mass is 9.90. The van der Waals surface area contributed by atoms with E-state index in [0.29, 0.717) is 18.5 Å². The highest BCUT2D eigenvalue weighted by Gasteiger charge is 2.39. The lowest BCUT2D eigenvalue weighted by Gasteiger charge is -2.29. The molecule has 1 aliphatic rings. The van der Waals surface area contributed by atoms with Gasteiger partial charge in [0.2, 0.25) is 5.91 Å². The van der Waals surface area contributed by atoms with Crippen LogP contribution in [0.4, 0.5) is 0 Å². The number of hydrogen-bond acceptors (Lipinski definition) is 4. The van der Waals surface area contributed by atoms with Gasteiger partial charge in [0.25, 0.3) is 0 Å². The molecular weight excluding hydrogens is 248 g/mol. The van der Waals surface area contributed by atoms with Gasteiger partial charge in [-0.25, -0.2) is 4.79 Å². The zero-order chi connectivity index (χ0) is 13.7. The number of carbonyl (C=O) groups excluding carboxylic acids is 1. The highest BCUT2D eigenvalue weighted by atomic mass is 16.5.